The molecule has 1 heterocycles. The summed E-state index contributed by atoms with van der Waals surface area (Å²) in [5.41, 5.74) is 2.97. The number of rotatable bonds is 3. The first-order valence-corrected chi connectivity index (χ1v) is 6.47. The third-order valence-electron chi connectivity index (χ3n) is 2.69. The topological polar surface area (TPSA) is 85.1 Å². The van der Waals surface area contributed by atoms with E-state index in [4.69, 9.17) is 5.73 Å². The summed E-state index contributed by atoms with van der Waals surface area (Å²) in [6.07, 6.45) is -3.98. The van der Waals surface area contributed by atoms with Crippen LogP contribution in [-0.2, 0) is 10.0 Å². The molecule has 0 unspecified atom stereocenters. The van der Waals surface area contributed by atoms with Crippen LogP contribution in [0.5, 0.6) is 0 Å². The zero-order chi connectivity index (χ0) is 13.6. The Morgan fingerprint density at radius 1 is 1.39 bits per heavy atom. The molecule has 1 aliphatic rings. The Bertz CT molecular complexity index is 567. The number of hydrogen-bond acceptors (Lipinski definition) is 4. The van der Waals surface area contributed by atoms with E-state index in [0.29, 0.717) is 0 Å². The Hall–Kier alpha value is -1.35. The van der Waals surface area contributed by atoms with Crippen molar-refractivity contribution < 1.29 is 21.6 Å². The van der Waals surface area contributed by atoms with Crippen LogP contribution in [0.15, 0.2) is 23.2 Å². The van der Waals surface area contributed by atoms with Crippen molar-refractivity contribution in [2.24, 2.45) is 0 Å². The van der Waals surface area contributed by atoms with Gasteiger partial charge in [-0.15, -0.1) is 0 Å². The third kappa shape index (κ3) is 2.27. The van der Waals surface area contributed by atoms with Crippen LogP contribution >= 0.6 is 0 Å². The van der Waals surface area contributed by atoms with Crippen molar-refractivity contribution in [2.45, 2.75) is 29.5 Å². The van der Waals surface area contributed by atoms with Gasteiger partial charge in [-0.1, -0.05) is 0 Å². The van der Waals surface area contributed by atoms with Crippen LogP contribution in [0.25, 0.3) is 0 Å². The first kappa shape index (κ1) is 13.1. The Morgan fingerprint density at radius 3 is 2.44 bits per heavy atom. The smallest absolute Gasteiger partial charge is 0.384 e. The number of hydrogen-bond donors (Lipinski definition) is 2. The van der Waals surface area contributed by atoms with Gasteiger partial charge >= 0.3 is 6.18 Å². The van der Waals surface area contributed by atoms with Gasteiger partial charge < -0.3 is 5.73 Å². The third-order valence-corrected chi connectivity index (χ3v) is 4.22. The highest BCUT2D eigenvalue weighted by Gasteiger charge is 2.65. The number of sulfonamides is 1. The highest BCUT2D eigenvalue weighted by atomic mass is 32.2. The summed E-state index contributed by atoms with van der Waals surface area (Å²) < 4.78 is 63.2. The van der Waals surface area contributed by atoms with E-state index in [0.717, 1.165) is 18.3 Å². The van der Waals surface area contributed by atoms with E-state index < -0.39 is 21.7 Å². The maximum absolute atomic E-state index is 12.7. The lowest BCUT2D eigenvalue weighted by molar-refractivity contribution is -0.160. The molecule has 3 N–H and O–H groups in total. The number of nitrogens with one attached hydrogen (secondary N) is 1. The molecule has 0 atom stereocenters. The van der Waals surface area contributed by atoms with Crippen LogP contribution in [0.3, 0.4) is 0 Å². The van der Waals surface area contributed by atoms with E-state index >= 15 is 0 Å². The number of alkyl halides is 3. The number of pyridine rings is 1. The number of halogens is 3. The number of nitrogens with zero attached hydrogens (tertiary/aromatic N) is 1. The van der Waals surface area contributed by atoms with Gasteiger partial charge in [-0.2, -0.15) is 17.9 Å². The van der Waals surface area contributed by atoms with Crippen molar-refractivity contribution in [3.8, 4) is 0 Å². The van der Waals surface area contributed by atoms with Gasteiger partial charge in [0.25, 0.3) is 0 Å². The summed E-state index contributed by atoms with van der Waals surface area (Å²) in [5.74, 6) is -0.0743. The van der Waals surface area contributed by atoms with Gasteiger partial charge in [0, 0.05) is 12.3 Å². The van der Waals surface area contributed by atoms with Crippen LogP contribution in [0, 0.1) is 0 Å². The second-order valence-electron chi connectivity index (χ2n) is 4.10. The maximum atomic E-state index is 12.7. The average Bonchev–Trinajstić information content (AvgIpc) is 2.97. The molecule has 100 valence electrons. The Balaban J connectivity index is 2.29. The van der Waals surface area contributed by atoms with Crippen LogP contribution in [0.4, 0.5) is 19.0 Å². The molecular formula is C9H10F3N3O2S. The normalized spacial score (nSPS) is 18.6. The standard InChI is InChI=1S/C9H10F3N3O2S/c10-9(11,12)8(2-3-8)15-18(16,17)6-1-4-14-7(13)5-6/h1,4-5,15H,2-3H2,(H2,13,14). The number of nitrogen functional groups attached to an aromatic ring is 1. The second kappa shape index (κ2) is 3.82. The molecule has 2 rings (SSSR count). The lowest BCUT2D eigenvalue weighted by Gasteiger charge is -2.20. The van der Waals surface area contributed by atoms with Crippen molar-refractivity contribution in [1.29, 1.82) is 0 Å². The van der Waals surface area contributed by atoms with Crippen molar-refractivity contribution in [3.05, 3.63) is 18.3 Å². The van der Waals surface area contributed by atoms with Gasteiger partial charge in [-0.25, -0.2) is 13.4 Å². The van der Waals surface area contributed by atoms with E-state index in [9.17, 15) is 21.6 Å². The lowest BCUT2D eigenvalue weighted by atomic mass is 10.3. The second-order valence-corrected chi connectivity index (χ2v) is 5.78. The summed E-state index contributed by atoms with van der Waals surface area (Å²) in [4.78, 5) is 3.25. The molecule has 0 aromatic carbocycles. The molecule has 0 bridgehead atoms. The predicted octanol–water partition coefficient (Wildman–Crippen LogP) is 1.04. The minimum Gasteiger partial charge on any atom is -0.384 e. The minimum absolute atomic E-state index is 0.0743. The monoisotopic (exact) mass is 281 g/mol. The number of aromatic nitrogens is 1. The van der Waals surface area contributed by atoms with E-state index in [1.807, 2.05) is 0 Å². The molecule has 1 saturated carbocycles. The van der Waals surface area contributed by atoms with Crippen molar-refractivity contribution in [3.63, 3.8) is 0 Å². The number of nitrogens with two attached hydrogens (primary N) is 1. The predicted molar refractivity (Wildman–Crippen MR) is 57.0 cm³/mol. The molecule has 0 aliphatic heterocycles. The minimum atomic E-state index is -4.60. The molecule has 1 aliphatic carbocycles. The van der Waals surface area contributed by atoms with E-state index in [1.54, 1.807) is 4.72 Å². The van der Waals surface area contributed by atoms with Crippen LogP contribution in [0.2, 0.25) is 0 Å². The fraction of sp³-hybridized carbons (Fsp3) is 0.444. The molecule has 0 radical (unpaired) electrons. The van der Waals surface area contributed by atoms with Gasteiger partial charge in [0.15, 0.2) is 0 Å². The average molecular weight is 281 g/mol. The first-order chi connectivity index (χ1) is 8.16. The van der Waals surface area contributed by atoms with Gasteiger partial charge in [0.05, 0.1) is 4.90 Å². The van der Waals surface area contributed by atoms with Crippen LogP contribution in [-0.4, -0.2) is 25.1 Å². The summed E-state index contributed by atoms with van der Waals surface area (Å²) >= 11 is 0. The Labute approximate surface area is 101 Å². The molecule has 1 aromatic heterocycles. The lowest BCUT2D eigenvalue weighted by Crippen LogP contribution is -2.47. The van der Waals surface area contributed by atoms with Crippen molar-refractivity contribution in [2.75, 3.05) is 5.73 Å². The first-order valence-electron chi connectivity index (χ1n) is 4.99. The summed E-state index contributed by atoms with van der Waals surface area (Å²) in [7, 11) is -4.25. The van der Waals surface area contributed by atoms with Crippen molar-refractivity contribution >= 4 is 15.8 Å². The van der Waals surface area contributed by atoms with Gasteiger partial charge in [0.1, 0.15) is 11.4 Å². The SMILES string of the molecule is Nc1cc(S(=O)(=O)NC2(C(F)(F)F)CC2)ccn1. The zero-order valence-corrected chi connectivity index (χ0v) is 9.85. The zero-order valence-electron chi connectivity index (χ0n) is 9.03. The fourth-order valence-electron chi connectivity index (χ4n) is 1.48. The molecular weight excluding hydrogens is 271 g/mol. The highest BCUT2D eigenvalue weighted by molar-refractivity contribution is 7.89. The maximum Gasteiger partial charge on any atom is 0.407 e. The molecule has 18 heavy (non-hydrogen) atoms. The molecule has 5 nitrogen and oxygen atoms in total. The fourth-order valence-corrected chi connectivity index (χ4v) is 2.95. The molecule has 1 fully saturated rings. The highest BCUT2D eigenvalue weighted by Crippen LogP contribution is 2.49. The van der Waals surface area contributed by atoms with E-state index in [-0.39, 0.29) is 23.6 Å². The molecule has 0 amide bonds. The Morgan fingerprint density at radius 2 is 2.00 bits per heavy atom. The quantitative estimate of drug-likeness (QED) is 0.866. The van der Waals surface area contributed by atoms with E-state index in [1.165, 1.54) is 0 Å². The summed E-state index contributed by atoms with van der Waals surface area (Å²) in [5, 5.41) is 0. The summed E-state index contributed by atoms with van der Waals surface area (Å²) in [6, 6.07) is 2.10. The largest absolute Gasteiger partial charge is 0.407 e. The molecule has 0 saturated heterocycles. The van der Waals surface area contributed by atoms with E-state index in [2.05, 4.69) is 4.98 Å². The van der Waals surface area contributed by atoms with Gasteiger partial charge in [-0.3, -0.25) is 0 Å². The van der Waals surface area contributed by atoms with Crippen LogP contribution < -0.4 is 10.5 Å². The van der Waals surface area contributed by atoms with Crippen LogP contribution in [0.1, 0.15) is 12.8 Å². The summed E-state index contributed by atoms with van der Waals surface area (Å²) in [6.45, 7) is 0. The van der Waals surface area contributed by atoms with Gasteiger partial charge in [0.2, 0.25) is 10.0 Å². The molecule has 1 aromatic rings. The number of anilines is 1. The Kier molecular flexibility index (Phi) is 2.78. The van der Waals surface area contributed by atoms with Crippen molar-refractivity contribution in [1.82, 2.24) is 9.71 Å². The van der Waals surface area contributed by atoms with Gasteiger partial charge in [-0.05, 0) is 18.9 Å². The molecule has 9 heteroatoms. The molecule has 0 spiro atoms.